The van der Waals surface area contributed by atoms with Gasteiger partial charge in [0.2, 0.25) is 5.78 Å². The number of pyridine rings is 1. The molecule has 0 fully saturated rings. The molecule has 0 radical (unpaired) electrons. The van der Waals surface area contributed by atoms with Gasteiger partial charge in [-0.15, -0.1) is 0 Å². The molecule has 0 saturated heterocycles. The van der Waals surface area contributed by atoms with Crippen molar-refractivity contribution in [2.24, 2.45) is 0 Å². The number of benzene rings is 2. The summed E-state index contributed by atoms with van der Waals surface area (Å²) in [6.07, 6.45) is 1.01. The summed E-state index contributed by atoms with van der Waals surface area (Å²) in [5.74, 6) is -3.75. The molecule has 0 aliphatic carbocycles. The fraction of sp³-hybridized carbons (Fsp3) is 0.100. The first-order chi connectivity index (χ1) is 12.5. The first-order valence-corrected chi connectivity index (χ1v) is 7.93. The number of carboxylic acid groups (broad SMARTS) is 1. The van der Waals surface area contributed by atoms with E-state index in [0.29, 0.717) is 17.3 Å². The molecule has 0 amide bonds. The number of aliphatic carboxylic acids is 1. The summed E-state index contributed by atoms with van der Waals surface area (Å²) in [6.45, 7) is 0. The number of Topliss-reactive ketones (excluding diaryl/α,β-unsaturated/α-hetero) is 2. The second-order valence-corrected chi connectivity index (χ2v) is 5.90. The van der Waals surface area contributed by atoms with Crippen LogP contribution < -0.4 is 5.43 Å². The summed E-state index contributed by atoms with van der Waals surface area (Å²) in [7, 11) is 0. The standard InChI is InChI=1S/C20H15NO5/c22-17(10-18(23)20(25)26)15-11-21-16-7-6-13(9-14(16)19(15)24)8-12-4-2-1-3-5-12/h1-7,9,11H,8,10H2,(H,21,24)(H,25,26). The van der Waals surface area contributed by atoms with Gasteiger partial charge in [0.15, 0.2) is 11.2 Å². The maximum Gasteiger partial charge on any atom is 0.372 e. The van der Waals surface area contributed by atoms with Gasteiger partial charge in [-0.2, -0.15) is 0 Å². The van der Waals surface area contributed by atoms with Crippen LogP contribution in [0.15, 0.2) is 59.5 Å². The zero-order chi connectivity index (χ0) is 18.7. The first kappa shape index (κ1) is 17.3. The molecule has 6 nitrogen and oxygen atoms in total. The number of rotatable bonds is 6. The lowest BCUT2D eigenvalue weighted by Gasteiger charge is -2.06. The van der Waals surface area contributed by atoms with E-state index < -0.39 is 29.4 Å². The van der Waals surface area contributed by atoms with Gasteiger partial charge < -0.3 is 10.1 Å². The zero-order valence-corrected chi connectivity index (χ0v) is 13.7. The average Bonchev–Trinajstić information content (AvgIpc) is 2.63. The van der Waals surface area contributed by atoms with Gasteiger partial charge in [0, 0.05) is 17.1 Å². The Bertz CT molecular complexity index is 1070. The Morgan fingerprint density at radius 1 is 0.962 bits per heavy atom. The third kappa shape index (κ3) is 3.59. The molecule has 2 aromatic carbocycles. The number of aromatic amines is 1. The predicted molar refractivity (Wildman–Crippen MR) is 95.4 cm³/mol. The fourth-order valence-electron chi connectivity index (χ4n) is 2.73. The summed E-state index contributed by atoms with van der Waals surface area (Å²) in [6, 6.07) is 15.1. The molecule has 26 heavy (non-hydrogen) atoms. The Morgan fingerprint density at radius 3 is 2.38 bits per heavy atom. The summed E-state index contributed by atoms with van der Waals surface area (Å²) in [5.41, 5.74) is 1.82. The number of H-pyrrole nitrogens is 1. The quantitative estimate of drug-likeness (QED) is 0.404. The average molecular weight is 349 g/mol. The molecule has 0 unspecified atom stereocenters. The smallest absolute Gasteiger partial charge is 0.372 e. The van der Waals surface area contributed by atoms with Gasteiger partial charge in [-0.25, -0.2) is 4.79 Å². The molecule has 0 atom stereocenters. The predicted octanol–water partition coefficient (Wildman–Crippen LogP) is 2.35. The molecule has 0 saturated carbocycles. The molecule has 1 heterocycles. The Morgan fingerprint density at radius 2 is 1.69 bits per heavy atom. The Hall–Kier alpha value is -3.54. The summed E-state index contributed by atoms with van der Waals surface area (Å²) < 4.78 is 0. The van der Waals surface area contributed by atoms with Crippen molar-refractivity contribution in [3.8, 4) is 0 Å². The minimum Gasteiger partial charge on any atom is -0.475 e. The number of carbonyl (C=O) groups excluding carboxylic acids is 2. The molecule has 0 spiro atoms. The van der Waals surface area contributed by atoms with Gasteiger partial charge in [-0.05, 0) is 29.7 Å². The van der Waals surface area contributed by atoms with Crippen LogP contribution in [0.5, 0.6) is 0 Å². The third-order valence-corrected chi connectivity index (χ3v) is 4.06. The normalized spacial score (nSPS) is 10.6. The minimum absolute atomic E-state index is 0.219. The molecule has 1 aromatic heterocycles. The van der Waals surface area contributed by atoms with Crippen LogP contribution in [0.1, 0.15) is 27.9 Å². The number of hydrogen-bond acceptors (Lipinski definition) is 4. The van der Waals surface area contributed by atoms with Crippen molar-refractivity contribution in [1.82, 2.24) is 4.98 Å². The van der Waals surface area contributed by atoms with Crippen LogP contribution in [0.25, 0.3) is 10.9 Å². The van der Waals surface area contributed by atoms with Crippen LogP contribution in [0.4, 0.5) is 0 Å². The SMILES string of the molecule is O=C(O)C(=O)CC(=O)c1c[nH]c2ccc(Cc3ccccc3)cc2c1=O. The highest BCUT2D eigenvalue weighted by Crippen LogP contribution is 2.15. The Balaban J connectivity index is 1.96. The fourth-order valence-corrected chi connectivity index (χ4v) is 2.73. The van der Waals surface area contributed by atoms with Crippen molar-refractivity contribution in [3.05, 3.63) is 81.6 Å². The summed E-state index contributed by atoms with van der Waals surface area (Å²) in [4.78, 5) is 49.4. The second-order valence-electron chi connectivity index (χ2n) is 5.90. The van der Waals surface area contributed by atoms with E-state index in [1.165, 1.54) is 6.20 Å². The van der Waals surface area contributed by atoms with E-state index in [-0.39, 0.29) is 5.56 Å². The monoisotopic (exact) mass is 349 g/mol. The molecule has 0 aliphatic rings. The van der Waals surface area contributed by atoms with Gasteiger partial charge in [0.25, 0.3) is 0 Å². The zero-order valence-electron chi connectivity index (χ0n) is 13.7. The van der Waals surface area contributed by atoms with Crippen LogP contribution in [0.3, 0.4) is 0 Å². The maximum absolute atomic E-state index is 12.6. The topological polar surface area (TPSA) is 104 Å². The van der Waals surface area contributed by atoms with Crippen molar-refractivity contribution >= 4 is 28.4 Å². The first-order valence-electron chi connectivity index (χ1n) is 7.93. The number of hydrogen-bond donors (Lipinski definition) is 2. The van der Waals surface area contributed by atoms with E-state index in [4.69, 9.17) is 5.11 Å². The highest BCUT2D eigenvalue weighted by atomic mass is 16.4. The summed E-state index contributed by atoms with van der Waals surface area (Å²) in [5, 5.41) is 8.93. The molecular weight excluding hydrogens is 334 g/mol. The van der Waals surface area contributed by atoms with E-state index in [2.05, 4.69) is 4.98 Å². The number of carbonyl (C=O) groups is 3. The van der Waals surface area contributed by atoms with Gasteiger partial charge in [0.1, 0.15) is 0 Å². The molecule has 2 N–H and O–H groups in total. The molecular formula is C20H15NO5. The highest BCUT2D eigenvalue weighted by molar-refractivity contribution is 6.37. The van der Waals surface area contributed by atoms with Crippen molar-refractivity contribution in [2.75, 3.05) is 0 Å². The molecule has 3 aromatic rings. The van der Waals surface area contributed by atoms with Crippen molar-refractivity contribution in [1.29, 1.82) is 0 Å². The lowest BCUT2D eigenvalue weighted by molar-refractivity contribution is -0.148. The second kappa shape index (κ2) is 7.14. The van der Waals surface area contributed by atoms with Gasteiger partial charge in [-0.1, -0.05) is 36.4 Å². The lowest BCUT2D eigenvalue weighted by Crippen LogP contribution is -2.22. The molecule has 6 heteroatoms. The number of aromatic nitrogens is 1. The van der Waals surface area contributed by atoms with Crippen LogP contribution in [-0.2, 0) is 16.0 Å². The van der Waals surface area contributed by atoms with Crippen LogP contribution in [-0.4, -0.2) is 27.6 Å². The Labute approximate surface area is 148 Å². The van der Waals surface area contributed by atoms with Crippen molar-refractivity contribution in [2.45, 2.75) is 12.8 Å². The van der Waals surface area contributed by atoms with E-state index in [9.17, 15) is 19.2 Å². The van der Waals surface area contributed by atoms with Gasteiger partial charge in [0.05, 0.1) is 12.0 Å². The van der Waals surface area contributed by atoms with E-state index in [0.717, 1.165) is 11.1 Å². The number of nitrogens with one attached hydrogen (secondary N) is 1. The number of carboxylic acids is 1. The van der Waals surface area contributed by atoms with Crippen LogP contribution in [0, 0.1) is 0 Å². The van der Waals surface area contributed by atoms with E-state index in [1.807, 2.05) is 36.4 Å². The van der Waals surface area contributed by atoms with Crippen LogP contribution >= 0.6 is 0 Å². The van der Waals surface area contributed by atoms with Crippen LogP contribution in [0.2, 0.25) is 0 Å². The van der Waals surface area contributed by atoms with Crippen molar-refractivity contribution in [3.63, 3.8) is 0 Å². The summed E-state index contributed by atoms with van der Waals surface area (Å²) >= 11 is 0. The highest BCUT2D eigenvalue weighted by Gasteiger charge is 2.20. The number of ketones is 2. The molecule has 0 bridgehead atoms. The maximum atomic E-state index is 12.6. The lowest BCUT2D eigenvalue weighted by atomic mass is 10.0. The molecule has 3 rings (SSSR count). The van der Waals surface area contributed by atoms with E-state index >= 15 is 0 Å². The van der Waals surface area contributed by atoms with Gasteiger partial charge in [-0.3, -0.25) is 14.4 Å². The van der Waals surface area contributed by atoms with E-state index in [1.54, 1.807) is 12.1 Å². The largest absolute Gasteiger partial charge is 0.475 e. The number of fused-ring (bicyclic) bond motifs is 1. The molecule has 130 valence electrons. The minimum atomic E-state index is -1.69. The Kier molecular flexibility index (Phi) is 4.75. The van der Waals surface area contributed by atoms with Gasteiger partial charge >= 0.3 is 5.97 Å². The molecule has 0 aliphatic heterocycles. The van der Waals surface area contributed by atoms with Crippen molar-refractivity contribution < 1.29 is 19.5 Å². The third-order valence-electron chi connectivity index (χ3n) is 4.06.